The Balaban J connectivity index is 2.89. The van der Waals surface area contributed by atoms with Gasteiger partial charge < -0.3 is 9.66 Å². The van der Waals surface area contributed by atoms with Gasteiger partial charge in [-0.05, 0) is 12.1 Å². The molecule has 2 N–H and O–H groups in total. The van der Waals surface area contributed by atoms with Crippen LogP contribution in [0.3, 0.4) is 0 Å². The molecule has 0 heterocycles. The molecular weight excluding hydrogens is 176 g/mol. The van der Waals surface area contributed by atoms with E-state index in [0.717, 1.165) is 5.41 Å². The predicted molar refractivity (Wildman–Crippen MR) is 47.9 cm³/mol. The molecule has 1 aromatic carbocycles. The zero-order chi connectivity index (χ0) is 8.97. The van der Waals surface area contributed by atoms with Gasteiger partial charge in [0.1, 0.15) is 5.75 Å². The first kappa shape index (κ1) is 8.96. The second-order valence-electron chi connectivity index (χ2n) is 2.14. The first-order valence-electron chi connectivity index (χ1n) is 3.26. The SMILES string of the molecule is O=S(O)C=Cc1ccccc1O. The average Bonchev–Trinajstić information content (AvgIpc) is 2.03. The number of phenolic OH excluding ortho intramolecular Hbond substituents is 1. The van der Waals surface area contributed by atoms with Gasteiger partial charge in [0.05, 0.1) is 0 Å². The summed E-state index contributed by atoms with van der Waals surface area (Å²) in [6, 6.07) is 6.58. The lowest BCUT2D eigenvalue weighted by molar-refractivity contribution is 0.474. The highest BCUT2D eigenvalue weighted by atomic mass is 32.2. The van der Waals surface area contributed by atoms with E-state index in [2.05, 4.69) is 0 Å². The van der Waals surface area contributed by atoms with E-state index < -0.39 is 11.1 Å². The number of hydrogen-bond donors (Lipinski definition) is 2. The van der Waals surface area contributed by atoms with Crippen LogP contribution in [0.25, 0.3) is 6.08 Å². The molecule has 0 aliphatic carbocycles. The van der Waals surface area contributed by atoms with E-state index in [1.165, 1.54) is 12.1 Å². The third kappa shape index (κ3) is 2.48. The maximum atomic E-state index is 10.2. The van der Waals surface area contributed by atoms with Crippen LogP contribution in [0.1, 0.15) is 5.56 Å². The summed E-state index contributed by atoms with van der Waals surface area (Å²) >= 11 is -1.97. The molecule has 3 nitrogen and oxygen atoms in total. The van der Waals surface area contributed by atoms with Gasteiger partial charge in [0.25, 0.3) is 0 Å². The Labute approximate surface area is 72.6 Å². The van der Waals surface area contributed by atoms with Crippen LogP contribution >= 0.6 is 0 Å². The summed E-state index contributed by atoms with van der Waals surface area (Å²) in [6.07, 6.45) is 1.39. The number of benzene rings is 1. The molecule has 64 valence electrons. The molecule has 4 heteroatoms. The van der Waals surface area contributed by atoms with Gasteiger partial charge in [-0.3, -0.25) is 0 Å². The van der Waals surface area contributed by atoms with E-state index in [1.807, 2.05) is 0 Å². The molecule has 1 atom stereocenters. The van der Waals surface area contributed by atoms with Crippen LogP contribution < -0.4 is 0 Å². The van der Waals surface area contributed by atoms with E-state index in [1.54, 1.807) is 18.2 Å². The zero-order valence-electron chi connectivity index (χ0n) is 6.18. The first-order valence-corrected chi connectivity index (χ1v) is 4.43. The predicted octanol–water partition coefficient (Wildman–Crippen LogP) is 1.58. The van der Waals surface area contributed by atoms with Gasteiger partial charge in [-0.1, -0.05) is 18.2 Å². The smallest absolute Gasteiger partial charge is 0.178 e. The summed E-state index contributed by atoms with van der Waals surface area (Å²) in [5.74, 6) is 0.0965. The molecule has 12 heavy (non-hydrogen) atoms. The van der Waals surface area contributed by atoms with Gasteiger partial charge in [-0.15, -0.1) is 0 Å². The summed E-state index contributed by atoms with van der Waals surface area (Å²) in [4.78, 5) is 0. The Morgan fingerprint density at radius 2 is 2.00 bits per heavy atom. The molecule has 0 aliphatic heterocycles. The quantitative estimate of drug-likeness (QED) is 0.686. The molecule has 0 bridgehead atoms. The molecule has 0 amide bonds. The van der Waals surface area contributed by atoms with E-state index in [0.29, 0.717) is 5.56 Å². The fourth-order valence-electron chi connectivity index (χ4n) is 0.760. The number of phenols is 1. The second-order valence-corrected chi connectivity index (χ2v) is 2.96. The first-order chi connectivity index (χ1) is 5.70. The van der Waals surface area contributed by atoms with Crippen molar-refractivity contribution < 1.29 is 13.9 Å². The Morgan fingerprint density at radius 3 is 2.58 bits per heavy atom. The minimum absolute atomic E-state index is 0.0965. The van der Waals surface area contributed by atoms with Crippen molar-refractivity contribution in [3.63, 3.8) is 0 Å². The van der Waals surface area contributed by atoms with Crippen LogP contribution in [0.2, 0.25) is 0 Å². The topological polar surface area (TPSA) is 57.5 Å². The second kappa shape index (κ2) is 4.04. The van der Waals surface area contributed by atoms with E-state index in [9.17, 15) is 9.32 Å². The summed E-state index contributed by atoms with van der Waals surface area (Å²) in [5.41, 5.74) is 0.528. The Hall–Kier alpha value is -1.13. The molecule has 0 radical (unpaired) electrons. The normalized spacial score (nSPS) is 13.4. The van der Waals surface area contributed by atoms with Crippen molar-refractivity contribution in [2.24, 2.45) is 0 Å². The highest BCUT2D eigenvalue weighted by Crippen LogP contribution is 2.16. The van der Waals surface area contributed by atoms with E-state index in [4.69, 9.17) is 4.55 Å². The lowest BCUT2D eigenvalue weighted by Crippen LogP contribution is -1.77. The molecule has 0 fully saturated rings. The molecule has 0 saturated carbocycles. The van der Waals surface area contributed by atoms with Crippen molar-refractivity contribution in [3.8, 4) is 5.75 Å². The summed E-state index contributed by atoms with van der Waals surface area (Å²) < 4.78 is 18.6. The zero-order valence-corrected chi connectivity index (χ0v) is 6.99. The number of rotatable bonds is 2. The van der Waals surface area contributed by atoms with Crippen LogP contribution in [-0.2, 0) is 11.1 Å². The van der Waals surface area contributed by atoms with Crippen LogP contribution in [0, 0.1) is 0 Å². The van der Waals surface area contributed by atoms with Gasteiger partial charge in [0.15, 0.2) is 11.1 Å². The van der Waals surface area contributed by atoms with Crippen molar-refractivity contribution >= 4 is 17.2 Å². The largest absolute Gasteiger partial charge is 0.507 e. The van der Waals surface area contributed by atoms with Gasteiger partial charge in [-0.2, -0.15) is 0 Å². The maximum absolute atomic E-state index is 10.2. The third-order valence-electron chi connectivity index (χ3n) is 1.30. The van der Waals surface area contributed by atoms with Gasteiger partial charge >= 0.3 is 0 Å². The maximum Gasteiger partial charge on any atom is 0.178 e. The van der Waals surface area contributed by atoms with Gasteiger partial charge in [0.2, 0.25) is 0 Å². The van der Waals surface area contributed by atoms with E-state index in [-0.39, 0.29) is 5.75 Å². The Kier molecular flexibility index (Phi) is 3.01. The lowest BCUT2D eigenvalue weighted by atomic mass is 10.2. The highest BCUT2D eigenvalue weighted by molar-refractivity contribution is 7.82. The highest BCUT2D eigenvalue weighted by Gasteiger charge is 1.93. The van der Waals surface area contributed by atoms with Gasteiger partial charge in [0, 0.05) is 11.0 Å². The monoisotopic (exact) mass is 184 g/mol. The van der Waals surface area contributed by atoms with Gasteiger partial charge in [-0.25, -0.2) is 4.21 Å². The number of aromatic hydroxyl groups is 1. The van der Waals surface area contributed by atoms with Crippen LogP contribution in [0.15, 0.2) is 29.7 Å². The molecule has 0 aliphatic rings. The van der Waals surface area contributed by atoms with Crippen molar-refractivity contribution in [1.82, 2.24) is 0 Å². The van der Waals surface area contributed by atoms with Crippen molar-refractivity contribution in [3.05, 3.63) is 35.2 Å². The molecule has 1 unspecified atom stereocenters. The standard InChI is InChI=1S/C8H8O3S/c9-8-4-2-1-3-7(8)5-6-12(10)11/h1-6,9H,(H,10,11). The van der Waals surface area contributed by atoms with E-state index >= 15 is 0 Å². The fraction of sp³-hybridized carbons (Fsp3) is 0. The van der Waals surface area contributed by atoms with Crippen molar-refractivity contribution in [1.29, 1.82) is 0 Å². The molecule has 1 aromatic rings. The van der Waals surface area contributed by atoms with Crippen LogP contribution in [0.5, 0.6) is 5.75 Å². The number of hydrogen-bond acceptors (Lipinski definition) is 2. The fourth-order valence-corrected chi connectivity index (χ4v) is 1.02. The van der Waals surface area contributed by atoms with Crippen LogP contribution in [0.4, 0.5) is 0 Å². The third-order valence-corrected chi connectivity index (χ3v) is 1.67. The van der Waals surface area contributed by atoms with Crippen LogP contribution in [-0.4, -0.2) is 13.9 Å². The number of para-hydroxylation sites is 1. The molecule has 0 saturated heterocycles. The summed E-state index contributed by atoms with van der Waals surface area (Å²) in [5, 5.41) is 10.3. The Morgan fingerprint density at radius 1 is 1.33 bits per heavy atom. The molecule has 0 aromatic heterocycles. The molecule has 0 spiro atoms. The minimum Gasteiger partial charge on any atom is -0.507 e. The van der Waals surface area contributed by atoms with Crippen molar-refractivity contribution in [2.45, 2.75) is 0 Å². The van der Waals surface area contributed by atoms with Crippen molar-refractivity contribution in [2.75, 3.05) is 0 Å². The average molecular weight is 184 g/mol. The molecule has 1 rings (SSSR count). The Bertz CT molecular complexity index is 320. The summed E-state index contributed by atoms with van der Waals surface area (Å²) in [6.45, 7) is 0. The lowest BCUT2D eigenvalue weighted by Gasteiger charge is -1.95. The minimum atomic E-state index is -1.97. The summed E-state index contributed by atoms with van der Waals surface area (Å²) in [7, 11) is 0. The molecular formula is C8H8O3S.